The van der Waals surface area contributed by atoms with Gasteiger partial charge in [0.25, 0.3) is 5.91 Å². The molecule has 7 heteroatoms. The zero-order valence-electron chi connectivity index (χ0n) is 11.3. The van der Waals surface area contributed by atoms with Gasteiger partial charge in [-0.2, -0.15) is 0 Å². The van der Waals surface area contributed by atoms with Crippen LogP contribution < -0.4 is 5.32 Å². The zero-order valence-corrected chi connectivity index (χ0v) is 11.3. The fourth-order valence-electron chi connectivity index (χ4n) is 2.03. The molecule has 1 fully saturated rings. The van der Waals surface area contributed by atoms with Crippen LogP contribution >= 0.6 is 0 Å². The maximum Gasteiger partial charge on any atom is 0.328 e. The number of rotatable bonds is 5. The van der Waals surface area contributed by atoms with Crippen LogP contribution in [0.5, 0.6) is 0 Å². The summed E-state index contributed by atoms with van der Waals surface area (Å²) >= 11 is 0. The summed E-state index contributed by atoms with van der Waals surface area (Å²) in [5.41, 5.74) is -0.916. The van der Waals surface area contributed by atoms with Crippen molar-refractivity contribution in [2.24, 2.45) is 5.92 Å². The largest absolute Gasteiger partial charge is 0.467 e. The molecule has 4 nitrogen and oxygen atoms in total. The predicted octanol–water partition coefficient (Wildman–Crippen LogP) is 2.18. The van der Waals surface area contributed by atoms with Crippen LogP contribution in [0.4, 0.5) is 13.2 Å². The fraction of sp³-hybridized carbons (Fsp3) is 0.429. The number of hydrogen-bond acceptors (Lipinski definition) is 3. The highest BCUT2D eigenvalue weighted by molar-refractivity contribution is 5.97. The monoisotopic (exact) mass is 301 g/mol. The molecule has 0 aromatic heterocycles. The van der Waals surface area contributed by atoms with Crippen LogP contribution in [0.15, 0.2) is 12.1 Å². The second-order valence-corrected chi connectivity index (χ2v) is 4.97. The number of esters is 1. The van der Waals surface area contributed by atoms with Crippen molar-refractivity contribution in [3.05, 3.63) is 35.1 Å². The van der Waals surface area contributed by atoms with Gasteiger partial charge in [0.2, 0.25) is 0 Å². The van der Waals surface area contributed by atoms with Crippen LogP contribution in [0.1, 0.15) is 29.6 Å². The minimum absolute atomic E-state index is 0.289. The van der Waals surface area contributed by atoms with E-state index >= 15 is 0 Å². The van der Waals surface area contributed by atoms with Crippen molar-refractivity contribution in [3.8, 4) is 0 Å². The molecular formula is C14H14F3NO3. The van der Waals surface area contributed by atoms with Crippen LogP contribution in [0.25, 0.3) is 0 Å². The van der Waals surface area contributed by atoms with E-state index in [4.69, 9.17) is 0 Å². The van der Waals surface area contributed by atoms with Crippen molar-refractivity contribution in [3.63, 3.8) is 0 Å². The van der Waals surface area contributed by atoms with Crippen molar-refractivity contribution in [1.82, 2.24) is 5.32 Å². The maximum absolute atomic E-state index is 13.5. The number of halogens is 3. The van der Waals surface area contributed by atoms with Crippen molar-refractivity contribution < 1.29 is 27.5 Å². The minimum atomic E-state index is -1.32. The number of nitrogens with one attached hydrogen (secondary N) is 1. The summed E-state index contributed by atoms with van der Waals surface area (Å²) in [5.74, 6) is -5.26. The van der Waals surface area contributed by atoms with Crippen LogP contribution in [-0.2, 0) is 9.53 Å². The lowest BCUT2D eigenvalue weighted by Crippen LogP contribution is -2.42. The Bertz CT molecular complexity index is 550. The lowest BCUT2D eigenvalue weighted by Gasteiger charge is -2.16. The van der Waals surface area contributed by atoms with Crippen LogP contribution in [0, 0.1) is 23.4 Å². The quantitative estimate of drug-likeness (QED) is 0.848. The van der Waals surface area contributed by atoms with Gasteiger partial charge in [-0.05, 0) is 12.3 Å². The van der Waals surface area contributed by atoms with E-state index in [0.717, 1.165) is 20.0 Å². The molecule has 21 heavy (non-hydrogen) atoms. The average molecular weight is 301 g/mol. The molecule has 0 bridgehead atoms. The van der Waals surface area contributed by atoms with Crippen molar-refractivity contribution in [2.45, 2.75) is 25.3 Å². The highest BCUT2D eigenvalue weighted by atomic mass is 19.1. The Kier molecular flexibility index (Phi) is 4.50. The molecule has 0 heterocycles. The Hall–Kier alpha value is -2.05. The molecule has 1 amide bonds. The zero-order chi connectivity index (χ0) is 15.6. The lowest BCUT2D eigenvalue weighted by atomic mass is 10.1. The molecule has 1 atom stereocenters. The standard InChI is InChI=1S/C14H14F3NO3/c1-21-14(20)11(4-7-2-3-7)18-13(19)12-9(16)5-8(15)6-10(12)17/h5-7,11H,2-4H2,1H3,(H,18,19)/t11-/m0/s1. The summed E-state index contributed by atoms with van der Waals surface area (Å²) in [6.45, 7) is 0. The first-order valence-electron chi connectivity index (χ1n) is 6.45. The van der Waals surface area contributed by atoms with Gasteiger partial charge in [-0.15, -0.1) is 0 Å². The normalized spacial score (nSPS) is 15.4. The smallest absolute Gasteiger partial charge is 0.328 e. The maximum atomic E-state index is 13.5. The molecule has 0 spiro atoms. The summed E-state index contributed by atoms with van der Waals surface area (Å²) < 4.78 is 44.4. The summed E-state index contributed by atoms with van der Waals surface area (Å²) in [6, 6.07) is -0.156. The van der Waals surface area contributed by atoms with E-state index in [1.54, 1.807) is 0 Å². The third-order valence-corrected chi connectivity index (χ3v) is 3.29. The molecule has 0 aliphatic heterocycles. The first kappa shape index (κ1) is 15.3. The number of amides is 1. The molecular weight excluding hydrogens is 287 g/mol. The van der Waals surface area contributed by atoms with Crippen LogP contribution in [0.3, 0.4) is 0 Å². The predicted molar refractivity (Wildman–Crippen MR) is 66.9 cm³/mol. The van der Waals surface area contributed by atoms with Crippen LogP contribution in [-0.4, -0.2) is 25.0 Å². The molecule has 0 unspecified atom stereocenters. The Morgan fingerprint density at radius 2 is 1.86 bits per heavy atom. The molecule has 1 N–H and O–H groups in total. The van der Waals surface area contributed by atoms with Gasteiger partial charge in [-0.3, -0.25) is 4.79 Å². The number of ether oxygens (including phenoxy) is 1. The van der Waals surface area contributed by atoms with Gasteiger partial charge >= 0.3 is 5.97 Å². The molecule has 1 aliphatic carbocycles. The summed E-state index contributed by atoms with van der Waals surface area (Å²) in [6.07, 6.45) is 2.22. The van der Waals surface area contributed by atoms with E-state index in [1.165, 1.54) is 0 Å². The van der Waals surface area contributed by atoms with Gasteiger partial charge < -0.3 is 10.1 Å². The topological polar surface area (TPSA) is 55.4 Å². The van der Waals surface area contributed by atoms with Crippen molar-refractivity contribution in [2.75, 3.05) is 7.11 Å². The van der Waals surface area contributed by atoms with Gasteiger partial charge in [-0.25, -0.2) is 18.0 Å². The summed E-state index contributed by atoms with van der Waals surface area (Å²) in [7, 11) is 1.16. The second-order valence-electron chi connectivity index (χ2n) is 4.97. The third kappa shape index (κ3) is 3.74. The van der Waals surface area contributed by atoms with Crippen LogP contribution in [0.2, 0.25) is 0 Å². The van der Waals surface area contributed by atoms with Crippen molar-refractivity contribution >= 4 is 11.9 Å². The molecule has 2 rings (SSSR count). The van der Waals surface area contributed by atoms with E-state index in [9.17, 15) is 22.8 Å². The van der Waals surface area contributed by atoms with Crippen molar-refractivity contribution in [1.29, 1.82) is 0 Å². The first-order chi connectivity index (χ1) is 9.92. The number of carbonyl (C=O) groups is 2. The van der Waals surface area contributed by atoms with Gasteiger partial charge in [-0.1, -0.05) is 12.8 Å². The number of benzene rings is 1. The van der Waals surface area contributed by atoms with Gasteiger partial charge in [0.1, 0.15) is 29.1 Å². The molecule has 1 aromatic carbocycles. The number of hydrogen-bond donors (Lipinski definition) is 1. The molecule has 0 saturated heterocycles. The Balaban J connectivity index is 2.16. The van der Waals surface area contributed by atoms with Gasteiger partial charge in [0, 0.05) is 12.1 Å². The second kappa shape index (κ2) is 6.15. The summed E-state index contributed by atoms with van der Waals surface area (Å²) in [4.78, 5) is 23.5. The first-order valence-corrected chi connectivity index (χ1v) is 6.45. The molecule has 1 aliphatic rings. The van der Waals surface area contributed by atoms with E-state index in [1.807, 2.05) is 0 Å². The molecule has 114 valence electrons. The molecule has 1 saturated carbocycles. The minimum Gasteiger partial charge on any atom is -0.467 e. The SMILES string of the molecule is COC(=O)[C@H](CC1CC1)NC(=O)c1c(F)cc(F)cc1F. The number of methoxy groups -OCH3 is 1. The fourth-order valence-corrected chi connectivity index (χ4v) is 2.03. The van der Waals surface area contributed by atoms with Gasteiger partial charge in [0.15, 0.2) is 0 Å². The average Bonchev–Trinajstić information content (AvgIpc) is 3.19. The Morgan fingerprint density at radius 1 is 1.29 bits per heavy atom. The van der Waals surface area contributed by atoms with E-state index < -0.39 is 40.9 Å². The Morgan fingerprint density at radius 3 is 2.33 bits per heavy atom. The highest BCUT2D eigenvalue weighted by Gasteiger charge is 2.32. The molecule has 1 aromatic rings. The van der Waals surface area contributed by atoms with Gasteiger partial charge in [0.05, 0.1) is 7.11 Å². The molecule has 0 radical (unpaired) electrons. The van der Waals surface area contributed by atoms with E-state index in [0.29, 0.717) is 18.6 Å². The summed E-state index contributed by atoms with van der Waals surface area (Å²) in [5, 5.41) is 2.24. The van der Waals surface area contributed by atoms with E-state index in [-0.39, 0.29) is 5.92 Å². The highest BCUT2D eigenvalue weighted by Crippen LogP contribution is 2.33. The van der Waals surface area contributed by atoms with E-state index in [2.05, 4.69) is 10.1 Å². The third-order valence-electron chi connectivity index (χ3n) is 3.29. The number of carbonyl (C=O) groups excluding carboxylic acids is 2. The lowest BCUT2D eigenvalue weighted by molar-refractivity contribution is -0.143. The Labute approximate surface area is 119 Å².